The molecular formula is C14H10BrClN2O3. The van der Waals surface area contributed by atoms with Crippen LogP contribution in [-0.4, -0.2) is 17.1 Å². The minimum absolute atomic E-state index is 0.0151. The van der Waals surface area contributed by atoms with E-state index in [-0.39, 0.29) is 11.3 Å². The molecular weight excluding hydrogens is 360 g/mol. The van der Waals surface area contributed by atoms with Gasteiger partial charge < -0.3 is 15.7 Å². The Bertz CT molecular complexity index is 706. The van der Waals surface area contributed by atoms with Crippen molar-refractivity contribution in [3.05, 3.63) is 57.5 Å². The van der Waals surface area contributed by atoms with Crippen LogP contribution in [0.15, 0.2) is 46.9 Å². The molecule has 0 radical (unpaired) electrons. The van der Waals surface area contributed by atoms with Crippen LogP contribution in [0, 0.1) is 0 Å². The largest absolute Gasteiger partial charge is 0.478 e. The number of carbonyl (C=O) groups excluding carboxylic acids is 1. The summed E-state index contributed by atoms with van der Waals surface area (Å²) in [5.41, 5.74) is 0.592. The third-order valence-corrected chi connectivity index (χ3v) is 3.60. The molecule has 0 unspecified atom stereocenters. The van der Waals surface area contributed by atoms with Crippen LogP contribution in [0.25, 0.3) is 0 Å². The van der Waals surface area contributed by atoms with Crippen molar-refractivity contribution in [3.63, 3.8) is 0 Å². The van der Waals surface area contributed by atoms with Crippen LogP contribution in [-0.2, 0) is 0 Å². The number of anilines is 2. The SMILES string of the molecule is O=C(Nc1ccccc1Cl)Nc1c(Br)cccc1C(=O)O. The Morgan fingerprint density at radius 1 is 1.05 bits per heavy atom. The highest BCUT2D eigenvalue weighted by Crippen LogP contribution is 2.27. The number of benzene rings is 2. The number of hydrogen-bond acceptors (Lipinski definition) is 2. The standard InChI is InChI=1S/C14H10BrClN2O3/c15-9-5-3-4-8(13(19)20)12(9)18-14(21)17-11-7-2-1-6-10(11)16/h1-7H,(H,19,20)(H2,17,18,21). The molecule has 0 aromatic heterocycles. The van der Waals surface area contributed by atoms with E-state index in [2.05, 4.69) is 26.6 Å². The lowest BCUT2D eigenvalue weighted by molar-refractivity contribution is 0.0698. The molecule has 2 aromatic carbocycles. The second-order valence-electron chi connectivity index (χ2n) is 4.03. The number of carboxylic acids is 1. The van der Waals surface area contributed by atoms with E-state index in [9.17, 15) is 9.59 Å². The molecule has 2 rings (SSSR count). The molecule has 0 spiro atoms. The third kappa shape index (κ3) is 3.74. The summed E-state index contributed by atoms with van der Waals surface area (Å²) in [5.74, 6) is -1.13. The molecule has 0 saturated heterocycles. The van der Waals surface area contributed by atoms with Crippen molar-refractivity contribution in [3.8, 4) is 0 Å². The summed E-state index contributed by atoms with van der Waals surface area (Å²) in [4.78, 5) is 23.1. The lowest BCUT2D eigenvalue weighted by Gasteiger charge is -2.12. The van der Waals surface area contributed by atoms with Gasteiger partial charge in [0, 0.05) is 4.47 Å². The van der Waals surface area contributed by atoms with Crippen molar-refractivity contribution in [1.82, 2.24) is 0 Å². The molecule has 0 atom stereocenters. The summed E-state index contributed by atoms with van der Waals surface area (Å²) >= 11 is 9.15. The molecule has 3 N–H and O–H groups in total. The van der Waals surface area contributed by atoms with Crippen molar-refractivity contribution in [2.45, 2.75) is 0 Å². The normalized spacial score (nSPS) is 10.0. The fourth-order valence-corrected chi connectivity index (χ4v) is 2.31. The van der Waals surface area contributed by atoms with Gasteiger partial charge in [-0.1, -0.05) is 29.8 Å². The maximum atomic E-state index is 12.0. The number of halogens is 2. The van der Waals surface area contributed by atoms with Crippen LogP contribution in [0.2, 0.25) is 5.02 Å². The Morgan fingerprint density at radius 2 is 1.76 bits per heavy atom. The molecule has 5 nitrogen and oxygen atoms in total. The monoisotopic (exact) mass is 368 g/mol. The van der Waals surface area contributed by atoms with Gasteiger partial charge in [-0.3, -0.25) is 0 Å². The summed E-state index contributed by atoms with van der Waals surface area (Å²) in [6.45, 7) is 0. The van der Waals surface area contributed by atoms with Gasteiger partial charge in [0.1, 0.15) is 0 Å². The molecule has 0 aliphatic rings. The molecule has 2 aromatic rings. The number of carboxylic acid groups (broad SMARTS) is 1. The van der Waals surface area contributed by atoms with E-state index in [1.54, 1.807) is 36.4 Å². The average Bonchev–Trinajstić information content (AvgIpc) is 2.43. The molecule has 0 bridgehead atoms. The molecule has 2 amide bonds. The first-order chi connectivity index (χ1) is 9.99. The first kappa shape index (κ1) is 15.3. The topological polar surface area (TPSA) is 78.4 Å². The molecule has 0 aliphatic carbocycles. The Kier molecular flexibility index (Phi) is 4.82. The highest BCUT2D eigenvalue weighted by Gasteiger charge is 2.15. The molecule has 7 heteroatoms. The Balaban J connectivity index is 2.21. The number of carbonyl (C=O) groups is 2. The zero-order valence-corrected chi connectivity index (χ0v) is 12.9. The van der Waals surface area contributed by atoms with Gasteiger partial charge in [-0.05, 0) is 40.2 Å². The van der Waals surface area contributed by atoms with Gasteiger partial charge in [0.2, 0.25) is 0 Å². The van der Waals surface area contributed by atoms with Gasteiger partial charge in [-0.25, -0.2) is 9.59 Å². The van der Waals surface area contributed by atoms with Crippen LogP contribution >= 0.6 is 27.5 Å². The summed E-state index contributed by atoms with van der Waals surface area (Å²) in [7, 11) is 0. The van der Waals surface area contributed by atoms with E-state index in [0.29, 0.717) is 15.2 Å². The first-order valence-electron chi connectivity index (χ1n) is 5.83. The van der Waals surface area contributed by atoms with Gasteiger partial charge in [0.05, 0.1) is 22.0 Å². The predicted octanol–water partition coefficient (Wildman–Crippen LogP) is 4.44. The van der Waals surface area contributed by atoms with Gasteiger partial charge in [0.15, 0.2) is 0 Å². The zero-order chi connectivity index (χ0) is 15.4. The molecule has 0 aliphatic heterocycles. The molecule has 108 valence electrons. The number of rotatable bonds is 3. The minimum Gasteiger partial charge on any atom is -0.478 e. The summed E-state index contributed by atoms with van der Waals surface area (Å²) in [5, 5.41) is 14.6. The Hall–Kier alpha value is -2.05. The second kappa shape index (κ2) is 6.60. The molecule has 0 saturated carbocycles. The fraction of sp³-hybridized carbons (Fsp3) is 0. The molecule has 21 heavy (non-hydrogen) atoms. The van der Waals surface area contributed by atoms with Crippen molar-refractivity contribution in [2.75, 3.05) is 10.6 Å². The van der Waals surface area contributed by atoms with Crippen molar-refractivity contribution in [1.29, 1.82) is 0 Å². The number of nitrogens with one attached hydrogen (secondary N) is 2. The quantitative estimate of drug-likeness (QED) is 0.748. The van der Waals surface area contributed by atoms with Crippen LogP contribution < -0.4 is 10.6 Å². The highest BCUT2D eigenvalue weighted by molar-refractivity contribution is 9.10. The van der Waals surface area contributed by atoms with E-state index in [0.717, 1.165) is 0 Å². The maximum absolute atomic E-state index is 12.0. The van der Waals surface area contributed by atoms with E-state index in [4.69, 9.17) is 16.7 Å². The highest BCUT2D eigenvalue weighted by atomic mass is 79.9. The predicted molar refractivity (Wildman–Crippen MR) is 85.2 cm³/mol. The average molecular weight is 370 g/mol. The van der Waals surface area contributed by atoms with Crippen LogP contribution in [0.4, 0.5) is 16.2 Å². The zero-order valence-electron chi connectivity index (χ0n) is 10.6. The second-order valence-corrected chi connectivity index (χ2v) is 5.29. The van der Waals surface area contributed by atoms with Gasteiger partial charge in [-0.15, -0.1) is 0 Å². The van der Waals surface area contributed by atoms with Crippen molar-refractivity contribution >= 4 is 50.9 Å². The Morgan fingerprint density at radius 3 is 2.43 bits per heavy atom. The number of urea groups is 1. The Labute approximate surface area is 134 Å². The van der Waals surface area contributed by atoms with Crippen LogP contribution in [0.3, 0.4) is 0 Å². The third-order valence-electron chi connectivity index (χ3n) is 2.60. The van der Waals surface area contributed by atoms with Gasteiger partial charge >= 0.3 is 12.0 Å². The van der Waals surface area contributed by atoms with Crippen LogP contribution in [0.1, 0.15) is 10.4 Å². The van der Waals surface area contributed by atoms with Crippen molar-refractivity contribution < 1.29 is 14.7 Å². The number of para-hydroxylation sites is 2. The minimum atomic E-state index is -1.13. The van der Waals surface area contributed by atoms with Gasteiger partial charge in [0.25, 0.3) is 0 Å². The summed E-state index contributed by atoms with van der Waals surface area (Å²) < 4.78 is 0.469. The van der Waals surface area contributed by atoms with Crippen LogP contribution in [0.5, 0.6) is 0 Å². The lowest BCUT2D eigenvalue weighted by atomic mass is 10.2. The van der Waals surface area contributed by atoms with E-state index in [1.165, 1.54) is 6.07 Å². The molecule has 0 heterocycles. The van der Waals surface area contributed by atoms with E-state index in [1.807, 2.05) is 0 Å². The molecule has 0 fully saturated rings. The number of amides is 2. The van der Waals surface area contributed by atoms with Gasteiger partial charge in [-0.2, -0.15) is 0 Å². The van der Waals surface area contributed by atoms with E-state index >= 15 is 0 Å². The summed E-state index contributed by atoms with van der Waals surface area (Å²) in [6, 6.07) is 10.8. The van der Waals surface area contributed by atoms with E-state index < -0.39 is 12.0 Å². The smallest absolute Gasteiger partial charge is 0.337 e. The number of aromatic carboxylic acids is 1. The first-order valence-corrected chi connectivity index (χ1v) is 7.00. The van der Waals surface area contributed by atoms with Crippen molar-refractivity contribution in [2.24, 2.45) is 0 Å². The summed E-state index contributed by atoms with van der Waals surface area (Å²) in [6.07, 6.45) is 0. The lowest BCUT2D eigenvalue weighted by Crippen LogP contribution is -2.21. The fourth-order valence-electron chi connectivity index (χ4n) is 1.66. The maximum Gasteiger partial charge on any atom is 0.337 e. The number of hydrogen-bond donors (Lipinski definition) is 3.